The molecule has 0 spiro atoms. The van der Waals surface area contributed by atoms with Crippen LogP contribution in [0.15, 0.2) is 65.8 Å². The number of pyridine rings is 1. The Morgan fingerprint density at radius 1 is 1.00 bits per heavy atom. The molecule has 11 nitrogen and oxygen atoms in total. The number of fused-ring (bicyclic) bond motifs is 2. The Bertz CT molecular complexity index is 1430. The Morgan fingerprint density at radius 2 is 1.81 bits per heavy atom. The fourth-order valence-corrected chi connectivity index (χ4v) is 3.41. The van der Waals surface area contributed by atoms with Gasteiger partial charge in [0.05, 0.1) is 21.5 Å². The fraction of sp³-hybridized carbons (Fsp3) is 0.0476. The molecule has 1 aliphatic heterocycles. The molecule has 0 fully saturated rings. The van der Waals surface area contributed by atoms with Gasteiger partial charge in [-0.2, -0.15) is 0 Å². The van der Waals surface area contributed by atoms with Gasteiger partial charge in [0.1, 0.15) is 11.3 Å². The van der Waals surface area contributed by atoms with E-state index in [0.29, 0.717) is 34.2 Å². The maximum atomic E-state index is 11.6. The molecular formula is C21H13N5O6. The van der Waals surface area contributed by atoms with Gasteiger partial charge in [-0.15, -0.1) is 0 Å². The molecule has 32 heavy (non-hydrogen) atoms. The largest absolute Gasteiger partial charge is 0.454 e. The zero-order valence-electron chi connectivity index (χ0n) is 16.2. The van der Waals surface area contributed by atoms with E-state index in [1.165, 1.54) is 30.5 Å². The topological polar surface area (TPSA) is 134 Å². The maximum absolute atomic E-state index is 11.6. The number of hydrogen-bond acceptors (Lipinski definition) is 8. The lowest BCUT2D eigenvalue weighted by Gasteiger charge is -2.02. The van der Waals surface area contributed by atoms with Gasteiger partial charge in [-0.25, -0.2) is 9.98 Å². The zero-order chi connectivity index (χ0) is 22.2. The Balaban J connectivity index is 1.66. The van der Waals surface area contributed by atoms with Crippen molar-refractivity contribution in [3.8, 4) is 22.8 Å². The highest BCUT2D eigenvalue weighted by atomic mass is 16.7. The summed E-state index contributed by atoms with van der Waals surface area (Å²) >= 11 is 0. The van der Waals surface area contributed by atoms with Gasteiger partial charge in [-0.1, -0.05) is 18.2 Å². The van der Waals surface area contributed by atoms with Crippen molar-refractivity contribution in [2.24, 2.45) is 4.99 Å². The number of non-ortho nitro benzene ring substituents is 1. The number of imidazole rings is 1. The van der Waals surface area contributed by atoms with Gasteiger partial charge < -0.3 is 9.47 Å². The highest BCUT2D eigenvalue weighted by Gasteiger charge is 2.23. The molecule has 3 heterocycles. The van der Waals surface area contributed by atoms with Crippen LogP contribution in [0.25, 0.3) is 16.9 Å². The molecule has 11 heteroatoms. The number of rotatable bonds is 5. The maximum Gasteiger partial charge on any atom is 0.282 e. The molecule has 2 aromatic heterocycles. The number of nitro groups is 2. The lowest BCUT2D eigenvalue weighted by atomic mass is 10.1. The van der Waals surface area contributed by atoms with Gasteiger partial charge in [0.25, 0.3) is 11.4 Å². The number of ether oxygens (including phenoxy) is 2. The van der Waals surface area contributed by atoms with Crippen molar-refractivity contribution in [3.63, 3.8) is 0 Å². The molecule has 5 rings (SSSR count). The van der Waals surface area contributed by atoms with Crippen LogP contribution >= 0.6 is 0 Å². The van der Waals surface area contributed by atoms with Crippen LogP contribution in [0.5, 0.6) is 11.5 Å². The Hall–Kier alpha value is -4.80. The van der Waals surface area contributed by atoms with Crippen LogP contribution in [-0.4, -0.2) is 32.2 Å². The molecule has 0 unspecified atom stereocenters. The standard InChI is InChI=1S/C21H13N5O6/c27-25(28)15-5-3-4-13(8-15)20-21(24-7-2-1-6-19(24)23-20)22-11-14-9-17-18(32-12-31-17)10-16(14)26(29)30/h1-11H,12H2/b22-11+. The third-order valence-electron chi connectivity index (χ3n) is 4.88. The lowest BCUT2D eigenvalue weighted by molar-refractivity contribution is -0.385. The highest BCUT2D eigenvalue weighted by Crippen LogP contribution is 2.38. The van der Waals surface area contributed by atoms with E-state index in [4.69, 9.17) is 9.47 Å². The van der Waals surface area contributed by atoms with Crippen LogP contribution in [-0.2, 0) is 0 Å². The number of benzene rings is 2. The summed E-state index contributed by atoms with van der Waals surface area (Å²) in [5.41, 5.74) is 1.41. The first kappa shape index (κ1) is 19.2. The quantitative estimate of drug-likeness (QED) is 0.261. The van der Waals surface area contributed by atoms with Crippen LogP contribution < -0.4 is 9.47 Å². The third kappa shape index (κ3) is 3.27. The first-order chi connectivity index (χ1) is 15.5. The molecular weight excluding hydrogens is 418 g/mol. The predicted molar refractivity (Wildman–Crippen MR) is 114 cm³/mol. The van der Waals surface area contributed by atoms with Gasteiger partial charge in [0.2, 0.25) is 6.79 Å². The second-order valence-electron chi connectivity index (χ2n) is 6.80. The molecule has 0 saturated heterocycles. The minimum Gasteiger partial charge on any atom is -0.454 e. The number of nitro benzene ring substituents is 2. The van der Waals surface area contributed by atoms with E-state index in [2.05, 4.69) is 9.98 Å². The second kappa shape index (κ2) is 7.47. The third-order valence-corrected chi connectivity index (χ3v) is 4.88. The van der Waals surface area contributed by atoms with E-state index in [9.17, 15) is 20.2 Å². The molecule has 0 N–H and O–H groups in total. The summed E-state index contributed by atoms with van der Waals surface area (Å²) in [7, 11) is 0. The van der Waals surface area contributed by atoms with Crippen molar-refractivity contribution in [1.29, 1.82) is 0 Å². The van der Waals surface area contributed by atoms with Gasteiger partial charge >= 0.3 is 0 Å². The van der Waals surface area contributed by atoms with Crippen LogP contribution in [0.4, 0.5) is 17.2 Å². The monoisotopic (exact) mass is 431 g/mol. The molecule has 0 bridgehead atoms. The minimum absolute atomic E-state index is 0.0166. The van der Waals surface area contributed by atoms with Crippen LogP contribution in [0.3, 0.4) is 0 Å². The Morgan fingerprint density at radius 3 is 2.59 bits per heavy atom. The summed E-state index contributed by atoms with van der Waals surface area (Å²) in [6.45, 7) is -0.0166. The van der Waals surface area contributed by atoms with Gasteiger partial charge in [-0.05, 0) is 18.2 Å². The van der Waals surface area contributed by atoms with Gasteiger partial charge in [0.15, 0.2) is 17.3 Å². The van der Waals surface area contributed by atoms with Gasteiger partial charge in [-0.3, -0.25) is 24.6 Å². The first-order valence-electron chi connectivity index (χ1n) is 9.35. The molecule has 0 saturated carbocycles. The smallest absolute Gasteiger partial charge is 0.282 e. The normalized spacial score (nSPS) is 12.5. The Labute approximate surface area is 179 Å². The average Bonchev–Trinajstić information content (AvgIpc) is 3.41. The number of aromatic nitrogens is 2. The highest BCUT2D eigenvalue weighted by molar-refractivity contribution is 5.90. The van der Waals surface area contributed by atoms with Crippen LogP contribution in [0.1, 0.15) is 5.56 Å². The molecule has 0 atom stereocenters. The van der Waals surface area contributed by atoms with E-state index >= 15 is 0 Å². The van der Waals surface area contributed by atoms with Crippen molar-refractivity contribution in [2.45, 2.75) is 0 Å². The van der Waals surface area contributed by atoms with Crippen molar-refractivity contribution in [3.05, 3.63) is 86.6 Å². The molecule has 158 valence electrons. The minimum atomic E-state index is -0.528. The summed E-state index contributed by atoms with van der Waals surface area (Å²) in [4.78, 5) is 30.8. The van der Waals surface area contributed by atoms with Crippen molar-refractivity contribution >= 4 is 29.1 Å². The summed E-state index contributed by atoms with van der Waals surface area (Å²) in [5, 5.41) is 22.8. The fourth-order valence-electron chi connectivity index (χ4n) is 3.41. The molecule has 0 aliphatic carbocycles. The number of aliphatic imine (C=N–C) groups is 1. The molecule has 0 amide bonds. The van der Waals surface area contributed by atoms with Crippen molar-refractivity contribution in [2.75, 3.05) is 6.79 Å². The van der Waals surface area contributed by atoms with E-state index in [0.717, 1.165) is 0 Å². The van der Waals surface area contributed by atoms with E-state index < -0.39 is 9.85 Å². The van der Waals surface area contributed by atoms with Crippen LogP contribution in [0.2, 0.25) is 0 Å². The first-order valence-corrected chi connectivity index (χ1v) is 9.35. The van der Waals surface area contributed by atoms with Crippen LogP contribution in [0, 0.1) is 20.2 Å². The molecule has 1 aliphatic rings. The molecule has 2 aromatic carbocycles. The number of hydrogen-bond donors (Lipinski definition) is 0. The second-order valence-corrected chi connectivity index (χ2v) is 6.80. The SMILES string of the molecule is O=[N+]([O-])c1cccc(-c2nc3ccccn3c2/N=C/c2cc3c(cc2[N+](=O)[O-])OCO3)c1. The lowest BCUT2D eigenvalue weighted by Crippen LogP contribution is -1.95. The van der Waals surface area contributed by atoms with Gasteiger partial charge in [0, 0.05) is 30.1 Å². The molecule has 4 aromatic rings. The number of nitrogens with zero attached hydrogens (tertiary/aromatic N) is 5. The molecule has 0 radical (unpaired) electrons. The predicted octanol–water partition coefficient (Wildman–Crippen LogP) is 4.30. The van der Waals surface area contributed by atoms with Crippen molar-refractivity contribution in [1.82, 2.24) is 9.38 Å². The average molecular weight is 431 g/mol. The van der Waals surface area contributed by atoms with E-state index in [1.54, 1.807) is 40.9 Å². The van der Waals surface area contributed by atoms with E-state index in [-0.39, 0.29) is 23.7 Å². The Kier molecular flexibility index (Phi) is 4.48. The summed E-state index contributed by atoms with van der Waals surface area (Å²) in [5.74, 6) is 1.04. The summed E-state index contributed by atoms with van der Waals surface area (Å²) < 4.78 is 12.2. The van der Waals surface area contributed by atoms with E-state index in [1.807, 2.05) is 0 Å². The summed E-state index contributed by atoms with van der Waals surface area (Å²) in [6.07, 6.45) is 3.08. The zero-order valence-corrected chi connectivity index (χ0v) is 16.2. The summed E-state index contributed by atoms with van der Waals surface area (Å²) in [6, 6.07) is 14.2. The van der Waals surface area contributed by atoms with Crippen molar-refractivity contribution < 1.29 is 19.3 Å².